The zero-order chi connectivity index (χ0) is 25.3. The summed E-state index contributed by atoms with van der Waals surface area (Å²) in [5.74, 6) is -1.66. The van der Waals surface area contributed by atoms with E-state index in [1.807, 2.05) is 45.9 Å². The number of hydrogen-bond donors (Lipinski definition) is 1. The van der Waals surface area contributed by atoms with Gasteiger partial charge in [0.25, 0.3) is 11.8 Å². The predicted octanol–water partition coefficient (Wildman–Crippen LogP) is 3.42. The van der Waals surface area contributed by atoms with Crippen molar-refractivity contribution < 1.29 is 19.2 Å². The van der Waals surface area contributed by atoms with Crippen molar-refractivity contribution in [1.82, 2.24) is 15.1 Å². The van der Waals surface area contributed by atoms with Gasteiger partial charge in [-0.25, -0.2) is 0 Å². The fourth-order valence-corrected chi connectivity index (χ4v) is 4.91. The summed E-state index contributed by atoms with van der Waals surface area (Å²) in [5, 5.41) is 2.91. The van der Waals surface area contributed by atoms with E-state index in [0.29, 0.717) is 30.6 Å². The summed E-state index contributed by atoms with van der Waals surface area (Å²) in [7, 11) is 0. The molecular formula is C28H33N3O4. The second-order valence-corrected chi connectivity index (χ2v) is 10.2. The quantitative estimate of drug-likeness (QED) is 0.622. The Balaban J connectivity index is 1.55. The Morgan fingerprint density at radius 1 is 0.886 bits per heavy atom. The molecule has 184 valence electrons. The van der Waals surface area contributed by atoms with Gasteiger partial charge in [-0.2, -0.15) is 0 Å². The minimum absolute atomic E-state index is 0.0573. The van der Waals surface area contributed by atoms with Gasteiger partial charge >= 0.3 is 0 Å². The molecule has 0 spiro atoms. The fourth-order valence-electron chi connectivity index (χ4n) is 4.91. The van der Waals surface area contributed by atoms with E-state index in [-0.39, 0.29) is 17.7 Å². The Labute approximate surface area is 206 Å². The van der Waals surface area contributed by atoms with Crippen LogP contribution in [-0.2, 0) is 22.6 Å². The van der Waals surface area contributed by atoms with E-state index in [9.17, 15) is 19.2 Å². The van der Waals surface area contributed by atoms with Crippen molar-refractivity contribution >= 4 is 23.6 Å². The Morgan fingerprint density at radius 3 is 2.03 bits per heavy atom. The number of benzene rings is 2. The van der Waals surface area contributed by atoms with Crippen LogP contribution < -0.4 is 5.32 Å². The van der Waals surface area contributed by atoms with Gasteiger partial charge in [-0.1, -0.05) is 64.1 Å². The van der Waals surface area contributed by atoms with Crippen molar-refractivity contribution in [2.75, 3.05) is 6.54 Å². The second-order valence-electron chi connectivity index (χ2n) is 10.2. The smallest absolute Gasteiger partial charge is 0.262 e. The van der Waals surface area contributed by atoms with Crippen LogP contribution in [-0.4, -0.2) is 52.1 Å². The van der Waals surface area contributed by atoms with Gasteiger partial charge in [-0.15, -0.1) is 0 Å². The number of nitrogens with zero attached hydrogens (tertiary/aromatic N) is 2. The van der Waals surface area contributed by atoms with Crippen LogP contribution in [0.2, 0.25) is 0 Å². The van der Waals surface area contributed by atoms with Gasteiger partial charge < -0.3 is 10.2 Å². The largest absolute Gasteiger partial charge is 0.342 e. The first-order valence-corrected chi connectivity index (χ1v) is 12.3. The topological polar surface area (TPSA) is 86.8 Å². The minimum Gasteiger partial charge on any atom is -0.342 e. The van der Waals surface area contributed by atoms with E-state index in [0.717, 1.165) is 16.9 Å². The summed E-state index contributed by atoms with van der Waals surface area (Å²) in [6.07, 6.45) is 1.08. The zero-order valence-electron chi connectivity index (χ0n) is 20.8. The number of nitrogens with one attached hydrogen (secondary N) is 1. The standard InChI is InChI=1S/C28H33N3O4/c1-17(2)15-23(31-26(33)21-11-7-8-12-22(21)27(31)34)25(32)29-24(18(3)4)28(35)30-14-13-19-9-5-6-10-20(19)16-30/h5-12,17-18,23-24H,13-16H2,1-4H3,(H,29,32)/t23?,24-/m0/s1. The molecule has 0 fully saturated rings. The summed E-state index contributed by atoms with van der Waals surface area (Å²) < 4.78 is 0. The molecule has 0 saturated heterocycles. The lowest BCUT2D eigenvalue weighted by Crippen LogP contribution is -2.57. The number of amides is 4. The highest BCUT2D eigenvalue weighted by atomic mass is 16.2. The number of fused-ring (bicyclic) bond motifs is 2. The number of imide groups is 1. The van der Waals surface area contributed by atoms with Crippen LogP contribution in [0.25, 0.3) is 0 Å². The van der Waals surface area contributed by atoms with Gasteiger partial charge in [-0.3, -0.25) is 24.1 Å². The molecule has 2 aliphatic heterocycles. The lowest BCUT2D eigenvalue weighted by atomic mass is 9.96. The third kappa shape index (κ3) is 4.85. The molecule has 2 aromatic carbocycles. The van der Waals surface area contributed by atoms with Crippen LogP contribution in [0, 0.1) is 11.8 Å². The van der Waals surface area contributed by atoms with Crippen LogP contribution in [0.3, 0.4) is 0 Å². The molecule has 2 aromatic rings. The van der Waals surface area contributed by atoms with Crippen LogP contribution in [0.4, 0.5) is 0 Å². The van der Waals surface area contributed by atoms with Crippen LogP contribution in [0.15, 0.2) is 48.5 Å². The van der Waals surface area contributed by atoms with Crippen molar-refractivity contribution in [2.45, 2.75) is 59.2 Å². The van der Waals surface area contributed by atoms with Crippen molar-refractivity contribution in [3.05, 3.63) is 70.8 Å². The molecule has 0 saturated carbocycles. The van der Waals surface area contributed by atoms with Crippen LogP contribution >= 0.6 is 0 Å². The van der Waals surface area contributed by atoms with Gasteiger partial charge in [0.15, 0.2) is 0 Å². The molecule has 0 aromatic heterocycles. The van der Waals surface area contributed by atoms with Gasteiger partial charge in [0, 0.05) is 13.1 Å². The summed E-state index contributed by atoms with van der Waals surface area (Å²) >= 11 is 0. The maximum atomic E-state index is 13.6. The predicted molar refractivity (Wildman–Crippen MR) is 133 cm³/mol. The Kier molecular flexibility index (Phi) is 7.05. The summed E-state index contributed by atoms with van der Waals surface area (Å²) in [5.41, 5.74) is 2.97. The maximum absolute atomic E-state index is 13.6. The highest BCUT2D eigenvalue weighted by molar-refractivity contribution is 6.22. The van der Waals surface area contributed by atoms with E-state index in [4.69, 9.17) is 0 Å². The molecule has 0 aliphatic carbocycles. The Hall–Kier alpha value is -3.48. The highest BCUT2D eigenvalue weighted by Crippen LogP contribution is 2.27. The normalized spacial score (nSPS) is 16.9. The molecule has 7 nitrogen and oxygen atoms in total. The molecule has 4 rings (SSSR count). The number of hydrogen-bond acceptors (Lipinski definition) is 4. The SMILES string of the molecule is CC(C)CC(C(=O)N[C@H](C(=O)N1CCc2ccccc2C1)C(C)C)N1C(=O)c2ccccc2C1=O. The number of carbonyl (C=O) groups is 4. The molecule has 2 aliphatic rings. The fraction of sp³-hybridized carbons (Fsp3) is 0.429. The van der Waals surface area contributed by atoms with Gasteiger partial charge in [-0.05, 0) is 47.9 Å². The summed E-state index contributed by atoms with van der Waals surface area (Å²) in [6, 6.07) is 13.0. The lowest BCUT2D eigenvalue weighted by molar-refractivity contribution is -0.139. The molecular weight excluding hydrogens is 442 g/mol. The van der Waals surface area contributed by atoms with Crippen molar-refractivity contribution in [3.63, 3.8) is 0 Å². The first kappa shape index (κ1) is 24.6. The summed E-state index contributed by atoms with van der Waals surface area (Å²) in [6.45, 7) is 8.74. The van der Waals surface area contributed by atoms with E-state index in [2.05, 4.69) is 11.4 Å². The molecule has 1 N–H and O–H groups in total. The van der Waals surface area contributed by atoms with Gasteiger partial charge in [0.2, 0.25) is 11.8 Å². The van der Waals surface area contributed by atoms with Crippen molar-refractivity contribution in [2.24, 2.45) is 11.8 Å². The van der Waals surface area contributed by atoms with Crippen molar-refractivity contribution in [1.29, 1.82) is 0 Å². The van der Waals surface area contributed by atoms with E-state index in [1.165, 1.54) is 5.56 Å². The van der Waals surface area contributed by atoms with E-state index in [1.54, 1.807) is 29.2 Å². The molecule has 0 bridgehead atoms. The Morgan fingerprint density at radius 2 is 1.46 bits per heavy atom. The number of carbonyl (C=O) groups excluding carboxylic acids is 4. The van der Waals surface area contributed by atoms with Crippen LogP contribution in [0.5, 0.6) is 0 Å². The average molecular weight is 476 g/mol. The Bertz CT molecular complexity index is 1120. The third-order valence-corrected chi connectivity index (χ3v) is 6.81. The van der Waals surface area contributed by atoms with Crippen molar-refractivity contribution in [3.8, 4) is 0 Å². The van der Waals surface area contributed by atoms with E-state index < -0.39 is 29.8 Å². The third-order valence-electron chi connectivity index (χ3n) is 6.81. The minimum atomic E-state index is -0.987. The maximum Gasteiger partial charge on any atom is 0.262 e. The molecule has 1 unspecified atom stereocenters. The first-order valence-electron chi connectivity index (χ1n) is 12.3. The first-order chi connectivity index (χ1) is 16.7. The zero-order valence-corrected chi connectivity index (χ0v) is 20.8. The van der Waals surface area contributed by atoms with E-state index >= 15 is 0 Å². The van der Waals surface area contributed by atoms with Gasteiger partial charge in [0.1, 0.15) is 12.1 Å². The van der Waals surface area contributed by atoms with Gasteiger partial charge in [0.05, 0.1) is 11.1 Å². The molecule has 2 atom stereocenters. The molecule has 4 amide bonds. The highest BCUT2D eigenvalue weighted by Gasteiger charge is 2.44. The lowest BCUT2D eigenvalue weighted by Gasteiger charge is -2.35. The second kappa shape index (κ2) is 10.0. The monoisotopic (exact) mass is 475 g/mol. The summed E-state index contributed by atoms with van der Waals surface area (Å²) in [4.78, 5) is 56.2. The van der Waals surface area contributed by atoms with Crippen LogP contribution in [0.1, 0.15) is 66.0 Å². The molecule has 2 heterocycles. The number of rotatable bonds is 7. The molecule has 7 heteroatoms. The molecule has 35 heavy (non-hydrogen) atoms. The molecule has 0 radical (unpaired) electrons. The average Bonchev–Trinajstić information content (AvgIpc) is 3.09.